The number of halogens is 1. The number of nitrogens with one attached hydrogen (secondary N) is 2. The highest BCUT2D eigenvalue weighted by Gasteiger charge is 2.09. The van der Waals surface area contributed by atoms with Gasteiger partial charge in [0.2, 0.25) is 0 Å². The fourth-order valence-electron chi connectivity index (χ4n) is 2.13. The third kappa shape index (κ3) is 2.47. The lowest BCUT2D eigenvalue weighted by molar-refractivity contribution is 0.764. The average molecular weight is 260 g/mol. The fraction of sp³-hybridized carbons (Fsp3) is 0.214. The zero-order valence-corrected chi connectivity index (χ0v) is 10.7. The first-order valence-corrected chi connectivity index (χ1v) is 6.36. The van der Waals surface area contributed by atoms with Gasteiger partial charge in [0, 0.05) is 25.8 Å². The topological polar surface area (TPSA) is 37.0 Å². The number of anilines is 1. The van der Waals surface area contributed by atoms with Crippen LogP contribution in [-0.4, -0.2) is 4.98 Å². The van der Waals surface area contributed by atoms with Crippen molar-refractivity contribution in [2.75, 3.05) is 5.32 Å². The first kappa shape index (κ1) is 11.5. The lowest BCUT2D eigenvalue weighted by atomic mass is 10.1. The molecule has 3 nitrogen and oxygen atoms in total. The van der Waals surface area contributed by atoms with Crippen molar-refractivity contribution in [3.63, 3.8) is 0 Å². The van der Waals surface area contributed by atoms with E-state index in [-0.39, 0.29) is 0 Å². The van der Waals surface area contributed by atoms with Crippen molar-refractivity contribution in [3.8, 4) is 0 Å². The predicted molar refractivity (Wildman–Crippen MR) is 73.6 cm³/mol. The van der Waals surface area contributed by atoms with Crippen LogP contribution < -0.4 is 10.6 Å². The van der Waals surface area contributed by atoms with Crippen LogP contribution in [-0.2, 0) is 19.6 Å². The molecule has 3 rings (SSSR count). The molecule has 0 fully saturated rings. The van der Waals surface area contributed by atoms with Crippen molar-refractivity contribution in [1.82, 2.24) is 10.3 Å². The predicted octanol–water partition coefficient (Wildman–Crippen LogP) is 2.95. The summed E-state index contributed by atoms with van der Waals surface area (Å²) < 4.78 is 0. The summed E-state index contributed by atoms with van der Waals surface area (Å²) >= 11 is 5.80. The SMILES string of the molecule is Clc1ccc(NCc2ccc3c(c2)CNC3)nc1. The molecule has 0 unspecified atom stereocenters. The van der Waals surface area contributed by atoms with E-state index in [1.807, 2.05) is 12.1 Å². The van der Waals surface area contributed by atoms with Gasteiger partial charge in [0.15, 0.2) is 0 Å². The fourth-order valence-corrected chi connectivity index (χ4v) is 2.24. The second kappa shape index (κ2) is 4.96. The number of aromatic nitrogens is 1. The molecule has 0 atom stereocenters. The van der Waals surface area contributed by atoms with Crippen LogP contribution in [0.1, 0.15) is 16.7 Å². The summed E-state index contributed by atoms with van der Waals surface area (Å²) in [7, 11) is 0. The maximum Gasteiger partial charge on any atom is 0.126 e. The molecule has 0 amide bonds. The number of hydrogen-bond donors (Lipinski definition) is 2. The van der Waals surface area contributed by atoms with E-state index in [4.69, 9.17) is 11.6 Å². The lowest BCUT2D eigenvalue weighted by Crippen LogP contribution is -2.02. The number of benzene rings is 1. The summed E-state index contributed by atoms with van der Waals surface area (Å²) in [4.78, 5) is 4.21. The average Bonchev–Trinajstić information content (AvgIpc) is 2.85. The molecule has 92 valence electrons. The molecule has 1 aliphatic rings. The van der Waals surface area contributed by atoms with Crippen molar-refractivity contribution < 1.29 is 0 Å². The van der Waals surface area contributed by atoms with Gasteiger partial charge in [-0.05, 0) is 28.8 Å². The Balaban J connectivity index is 1.68. The van der Waals surface area contributed by atoms with Crippen LogP contribution in [0.5, 0.6) is 0 Å². The molecule has 4 heteroatoms. The minimum atomic E-state index is 0.657. The summed E-state index contributed by atoms with van der Waals surface area (Å²) in [6.45, 7) is 2.74. The summed E-state index contributed by atoms with van der Waals surface area (Å²) in [5.41, 5.74) is 4.08. The molecule has 2 N–H and O–H groups in total. The van der Waals surface area contributed by atoms with Crippen LogP contribution in [0, 0.1) is 0 Å². The van der Waals surface area contributed by atoms with Gasteiger partial charge in [0.05, 0.1) is 5.02 Å². The smallest absolute Gasteiger partial charge is 0.126 e. The Morgan fingerprint density at radius 1 is 1.17 bits per heavy atom. The van der Waals surface area contributed by atoms with E-state index in [1.165, 1.54) is 16.7 Å². The Bertz CT molecular complexity index is 551. The van der Waals surface area contributed by atoms with Gasteiger partial charge in [-0.1, -0.05) is 29.8 Å². The molecular formula is C14H14ClN3. The van der Waals surface area contributed by atoms with E-state index in [0.717, 1.165) is 25.5 Å². The van der Waals surface area contributed by atoms with E-state index < -0.39 is 0 Å². The van der Waals surface area contributed by atoms with Crippen molar-refractivity contribution >= 4 is 17.4 Å². The van der Waals surface area contributed by atoms with E-state index in [2.05, 4.69) is 33.8 Å². The standard InChI is InChI=1S/C14H14ClN3/c15-13-3-4-14(18-9-13)17-6-10-1-2-11-7-16-8-12(11)5-10/h1-5,9,16H,6-8H2,(H,17,18). The number of fused-ring (bicyclic) bond motifs is 1. The molecule has 0 spiro atoms. The van der Waals surface area contributed by atoms with Crippen LogP contribution in [0.3, 0.4) is 0 Å². The first-order valence-electron chi connectivity index (χ1n) is 5.98. The minimum absolute atomic E-state index is 0.657. The second-order valence-corrected chi connectivity index (χ2v) is 4.86. The highest BCUT2D eigenvalue weighted by molar-refractivity contribution is 6.30. The molecule has 1 aliphatic heterocycles. The van der Waals surface area contributed by atoms with Gasteiger partial charge in [-0.2, -0.15) is 0 Å². The van der Waals surface area contributed by atoms with Crippen LogP contribution in [0.4, 0.5) is 5.82 Å². The van der Waals surface area contributed by atoms with Gasteiger partial charge in [0.25, 0.3) is 0 Å². The highest BCUT2D eigenvalue weighted by Crippen LogP contribution is 2.18. The molecule has 2 aromatic rings. The minimum Gasteiger partial charge on any atom is -0.366 e. The number of hydrogen-bond acceptors (Lipinski definition) is 3. The summed E-state index contributed by atoms with van der Waals surface area (Å²) in [6, 6.07) is 10.3. The Morgan fingerprint density at radius 2 is 2.06 bits per heavy atom. The summed E-state index contributed by atoms with van der Waals surface area (Å²) in [6.07, 6.45) is 1.65. The van der Waals surface area contributed by atoms with Gasteiger partial charge in [-0.25, -0.2) is 4.98 Å². The number of nitrogens with zero attached hydrogens (tertiary/aromatic N) is 1. The van der Waals surface area contributed by atoms with Gasteiger partial charge in [-0.3, -0.25) is 0 Å². The lowest BCUT2D eigenvalue weighted by Gasteiger charge is -2.07. The van der Waals surface area contributed by atoms with Gasteiger partial charge in [0.1, 0.15) is 5.82 Å². The van der Waals surface area contributed by atoms with E-state index in [9.17, 15) is 0 Å². The van der Waals surface area contributed by atoms with Gasteiger partial charge >= 0.3 is 0 Å². The summed E-state index contributed by atoms with van der Waals surface area (Å²) in [5, 5.41) is 7.29. The van der Waals surface area contributed by atoms with Crippen LogP contribution in [0.15, 0.2) is 36.5 Å². The van der Waals surface area contributed by atoms with Crippen LogP contribution in [0.2, 0.25) is 5.02 Å². The van der Waals surface area contributed by atoms with Crippen molar-refractivity contribution in [1.29, 1.82) is 0 Å². The van der Waals surface area contributed by atoms with Gasteiger partial charge < -0.3 is 10.6 Å². The largest absolute Gasteiger partial charge is 0.366 e. The molecule has 18 heavy (non-hydrogen) atoms. The molecule has 0 radical (unpaired) electrons. The quantitative estimate of drug-likeness (QED) is 0.890. The molecule has 1 aromatic heterocycles. The Labute approximate surface area is 111 Å². The first-order chi connectivity index (χ1) is 8.81. The molecule has 1 aromatic carbocycles. The van der Waals surface area contributed by atoms with Crippen molar-refractivity contribution in [2.45, 2.75) is 19.6 Å². The van der Waals surface area contributed by atoms with Crippen molar-refractivity contribution in [2.24, 2.45) is 0 Å². The van der Waals surface area contributed by atoms with E-state index in [1.54, 1.807) is 6.20 Å². The van der Waals surface area contributed by atoms with Crippen LogP contribution >= 0.6 is 11.6 Å². The zero-order chi connectivity index (χ0) is 12.4. The monoisotopic (exact) mass is 259 g/mol. The van der Waals surface area contributed by atoms with E-state index >= 15 is 0 Å². The molecule has 2 heterocycles. The Morgan fingerprint density at radius 3 is 2.89 bits per heavy atom. The molecule has 0 saturated heterocycles. The second-order valence-electron chi connectivity index (χ2n) is 4.42. The molecule has 0 aliphatic carbocycles. The molecule has 0 saturated carbocycles. The van der Waals surface area contributed by atoms with Crippen LogP contribution in [0.25, 0.3) is 0 Å². The zero-order valence-electron chi connectivity index (χ0n) is 9.91. The molecule has 0 bridgehead atoms. The maximum absolute atomic E-state index is 5.80. The highest BCUT2D eigenvalue weighted by atomic mass is 35.5. The summed E-state index contributed by atoms with van der Waals surface area (Å²) in [5.74, 6) is 0.845. The van der Waals surface area contributed by atoms with E-state index in [0.29, 0.717) is 5.02 Å². The van der Waals surface area contributed by atoms with Crippen molar-refractivity contribution in [3.05, 3.63) is 58.2 Å². The van der Waals surface area contributed by atoms with Gasteiger partial charge in [-0.15, -0.1) is 0 Å². The Kier molecular flexibility index (Phi) is 3.17. The molecular weight excluding hydrogens is 246 g/mol. The number of rotatable bonds is 3. The maximum atomic E-state index is 5.80. The Hall–Kier alpha value is -1.58. The third-order valence-electron chi connectivity index (χ3n) is 3.10. The number of pyridine rings is 1. The third-order valence-corrected chi connectivity index (χ3v) is 3.33. The normalized spacial score (nSPS) is 13.4.